The first kappa shape index (κ1) is 13.1. The van der Waals surface area contributed by atoms with Crippen LogP contribution in [0.3, 0.4) is 0 Å². The quantitative estimate of drug-likeness (QED) is 0.894. The van der Waals surface area contributed by atoms with Crippen molar-refractivity contribution in [2.24, 2.45) is 0 Å². The predicted molar refractivity (Wildman–Crippen MR) is 74.1 cm³/mol. The molecule has 5 heteroatoms. The van der Waals surface area contributed by atoms with Gasteiger partial charge in [-0.3, -0.25) is 4.79 Å². The van der Waals surface area contributed by atoms with Crippen LogP contribution in [-0.2, 0) is 16.8 Å². The number of anilines is 1. The summed E-state index contributed by atoms with van der Waals surface area (Å²) < 4.78 is 13.8. The summed E-state index contributed by atoms with van der Waals surface area (Å²) in [5.74, 6) is -1.06. The Balaban J connectivity index is 2.05. The highest BCUT2D eigenvalue weighted by atomic mass is 35.5. The van der Waals surface area contributed by atoms with Crippen molar-refractivity contribution in [3.63, 3.8) is 0 Å². The molecule has 1 aliphatic rings. The molecule has 0 fully saturated rings. The fourth-order valence-corrected chi connectivity index (χ4v) is 2.63. The third-order valence-corrected chi connectivity index (χ3v) is 3.69. The van der Waals surface area contributed by atoms with Gasteiger partial charge in [0, 0.05) is 22.7 Å². The zero-order valence-electron chi connectivity index (χ0n) is 10.4. The Bertz CT molecular complexity index is 704. The first-order valence-corrected chi connectivity index (χ1v) is 6.46. The van der Waals surface area contributed by atoms with Gasteiger partial charge < -0.3 is 10.4 Å². The van der Waals surface area contributed by atoms with Crippen LogP contribution in [-0.4, -0.2) is 11.0 Å². The normalized spacial score (nSPS) is 20.6. The number of amides is 1. The number of rotatable bonds is 2. The summed E-state index contributed by atoms with van der Waals surface area (Å²) in [5, 5.41) is 13.6. The Kier molecular flexibility index (Phi) is 3.00. The van der Waals surface area contributed by atoms with Gasteiger partial charge in [-0.25, -0.2) is 4.39 Å². The van der Waals surface area contributed by atoms with Gasteiger partial charge in [-0.05, 0) is 29.8 Å². The fourth-order valence-electron chi connectivity index (χ4n) is 2.43. The second-order valence-electron chi connectivity index (χ2n) is 4.77. The average molecular weight is 292 g/mol. The number of benzene rings is 2. The molecule has 0 saturated heterocycles. The lowest BCUT2D eigenvalue weighted by atomic mass is 9.88. The van der Waals surface area contributed by atoms with Crippen LogP contribution in [0.5, 0.6) is 0 Å². The summed E-state index contributed by atoms with van der Waals surface area (Å²) in [6.45, 7) is 0. The van der Waals surface area contributed by atoms with Crippen molar-refractivity contribution >= 4 is 23.2 Å². The molecule has 1 aliphatic heterocycles. The molecule has 0 saturated carbocycles. The zero-order valence-corrected chi connectivity index (χ0v) is 11.1. The molecule has 2 N–H and O–H groups in total. The Morgan fingerprint density at radius 3 is 2.80 bits per heavy atom. The number of hydrogen-bond acceptors (Lipinski definition) is 2. The van der Waals surface area contributed by atoms with E-state index < -0.39 is 17.3 Å². The highest BCUT2D eigenvalue weighted by Gasteiger charge is 2.45. The van der Waals surface area contributed by atoms with E-state index in [1.54, 1.807) is 24.3 Å². The molecule has 1 unspecified atom stereocenters. The van der Waals surface area contributed by atoms with Crippen LogP contribution in [0.15, 0.2) is 42.5 Å². The summed E-state index contributed by atoms with van der Waals surface area (Å²) in [6, 6.07) is 10.9. The molecular weight excluding hydrogens is 281 g/mol. The maximum atomic E-state index is 13.8. The molecule has 3 rings (SSSR count). The fraction of sp³-hybridized carbons (Fsp3) is 0.133. The lowest BCUT2D eigenvalue weighted by Gasteiger charge is -2.21. The Morgan fingerprint density at radius 1 is 1.25 bits per heavy atom. The molecule has 0 bridgehead atoms. The summed E-state index contributed by atoms with van der Waals surface area (Å²) in [5.41, 5.74) is -0.582. The van der Waals surface area contributed by atoms with Gasteiger partial charge in [0.25, 0.3) is 5.91 Å². The smallest absolute Gasteiger partial charge is 0.261 e. The second-order valence-corrected chi connectivity index (χ2v) is 5.21. The minimum absolute atomic E-state index is 0.164. The van der Waals surface area contributed by atoms with Crippen LogP contribution < -0.4 is 5.32 Å². The standard InChI is InChI=1S/C15H11ClFNO2/c16-10-5-6-12(17)9(7-10)8-15(20)11-3-1-2-4-13(11)18-14(15)19/h1-7,20H,8H2,(H,18,19). The second kappa shape index (κ2) is 4.58. The highest BCUT2D eigenvalue weighted by Crippen LogP contribution is 2.38. The van der Waals surface area contributed by atoms with Crippen molar-refractivity contribution in [1.82, 2.24) is 0 Å². The summed E-state index contributed by atoms with van der Waals surface area (Å²) >= 11 is 5.84. The maximum Gasteiger partial charge on any atom is 0.261 e. The topological polar surface area (TPSA) is 49.3 Å². The monoisotopic (exact) mass is 291 g/mol. The number of nitrogens with one attached hydrogen (secondary N) is 1. The molecule has 2 aromatic carbocycles. The Hall–Kier alpha value is -1.91. The van der Waals surface area contributed by atoms with Gasteiger partial charge in [-0.2, -0.15) is 0 Å². The molecule has 0 aromatic heterocycles. The Morgan fingerprint density at radius 2 is 2.00 bits per heavy atom. The molecular formula is C15H11ClFNO2. The third kappa shape index (κ3) is 1.97. The van der Waals surface area contributed by atoms with Crippen LogP contribution in [0.2, 0.25) is 5.02 Å². The van der Waals surface area contributed by atoms with Gasteiger partial charge >= 0.3 is 0 Å². The van der Waals surface area contributed by atoms with Gasteiger partial charge in [-0.1, -0.05) is 29.8 Å². The molecule has 1 amide bonds. The van der Waals surface area contributed by atoms with Crippen molar-refractivity contribution in [2.45, 2.75) is 12.0 Å². The molecule has 102 valence electrons. The molecule has 1 atom stereocenters. The first-order valence-electron chi connectivity index (χ1n) is 6.08. The van der Waals surface area contributed by atoms with Gasteiger partial charge in [0.05, 0.1) is 0 Å². The van der Waals surface area contributed by atoms with Crippen molar-refractivity contribution in [3.05, 3.63) is 64.4 Å². The molecule has 1 heterocycles. The van der Waals surface area contributed by atoms with E-state index in [-0.39, 0.29) is 12.0 Å². The van der Waals surface area contributed by atoms with E-state index in [0.717, 1.165) is 0 Å². The molecule has 2 aromatic rings. The van der Waals surface area contributed by atoms with Crippen molar-refractivity contribution < 1.29 is 14.3 Å². The average Bonchev–Trinajstić information content (AvgIpc) is 2.67. The van der Waals surface area contributed by atoms with E-state index in [2.05, 4.69) is 5.32 Å². The molecule has 0 radical (unpaired) electrons. The highest BCUT2D eigenvalue weighted by molar-refractivity contribution is 6.30. The lowest BCUT2D eigenvalue weighted by Crippen LogP contribution is -2.36. The number of aliphatic hydroxyl groups is 1. The molecule has 0 spiro atoms. The summed E-state index contributed by atoms with van der Waals surface area (Å²) in [7, 11) is 0. The van der Waals surface area contributed by atoms with Crippen LogP contribution in [0.1, 0.15) is 11.1 Å². The number of fused-ring (bicyclic) bond motifs is 1. The van der Waals surface area contributed by atoms with Crippen LogP contribution in [0.25, 0.3) is 0 Å². The van der Waals surface area contributed by atoms with Gasteiger partial charge in [0.15, 0.2) is 5.60 Å². The van der Waals surface area contributed by atoms with Gasteiger partial charge in [0.1, 0.15) is 5.82 Å². The lowest BCUT2D eigenvalue weighted by molar-refractivity contribution is -0.133. The SMILES string of the molecule is O=C1Nc2ccccc2C1(O)Cc1cc(Cl)ccc1F. The van der Waals surface area contributed by atoms with Crippen LogP contribution in [0, 0.1) is 5.82 Å². The molecule has 3 nitrogen and oxygen atoms in total. The van der Waals surface area contributed by atoms with Crippen molar-refractivity contribution in [2.75, 3.05) is 5.32 Å². The van der Waals surface area contributed by atoms with Gasteiger partial charge in [0.2, 0.25) is 0 Å². The largest absolute Gasteiger partial charge is 0.375 e. The molecule has 20 heavy (non-hydrogen) atoms. The zero-order chi connectivity index (χ0) is 14.3. The van der Waals surface area contributed by atoms with E-state index >= 15 is 0 Å². The van der Waals surface area contributed by atoms with E-state index in [1.165, 1.54) is 18.2 Å². The number of carbonyl (C=O) groups excluding carboxylic acids is 1. The van der Waals surface area contributed by atoms with E-state index in [0.29, 0.717) is 16.3 Å². The van der Waals surface area contributed by atoms with Crippen molar-refractivity contribution in [1.29, 1.82) is 0 Å². The number of carbonyl (C=O) groups is 1. The summed E-state index contributed by atoms with van der Waals surface area (Å²) in [6.07, 6.45) is -0.164. The number of halogens is 2. The van der Waals surface area contributed by atoms with E-state index in [1.807, 2.05) is 0 Å². The van der Waals surface area contributed by atoms with Crippen LogP contribution >= 0.6 is 11.6 Å². The maximum absolute atomic E-state index is 13.8. The number of hydrogen-bond donors (Lipinski definition) is 2. The van der Waals surface area contributed by atoms with Crippen molar-refractivity contribution in [3.8, 4) is 0 Å². The number of para-hydroxylation sites is 1. The third-order valence-electron chi connectivity index (χ3n) is 3.45. The van der Waals surface area contributed by atoms with Gasteiger partial charge in [-0.15, -0.1) is 0 Å². The predicted octanol–water partition coefficient (Wildman–Crippen LogP) is 2.86. The molecule has 0 aliphatic carbocycles. The van der Waals surface area contributed by atoms with Crippen LogP contribution in [0.4, 0.5) is 10.1 Å². The minimum Gasteiger partial charge on any atom is -0.375 e. The minimum atomic E-state index is -1.78. The Labute approximate surface area is 120 Å². The van der Waals surface area contributed by atoms with E-state index in [4.69, 9.17) is 11.6 Å². The van der Waals surface area contributed by atoms with E-state index in [9.17, 15) is 14.3 Å². The summed E-state index contributed by atoms with van der Waals surface area (Å²) in [4.78, 5) is 12.0. The first-order chi connectivity index (χ1) is 9.50.